The summed E-state index contributed by atoms with van der Waals surface area (Å²) in [7, 11) is 0. The van der Waals surface area contributed by atoms with E-state index >= 15 is 0 Å². The van der Waals surface area contributed by atoms with Gasteiger partial charge in [-0.3, -0.25) is 4.79 Å². The second-order valence-electron chi connectivity index (χ2n) is 5.42. The summed E-state index contributed by atoms with van der Waals surface area (Å²) in [6.45, 7) is 4.00. The van der Waals surface area contributed by atoms with Crippen molar-refractivity contribution in [2.75, 3.05) is 6.61 Å². The van der Waals surface area contributed by atoms with E-state index < -0.39 is 0 Å². The number of aliphatic hydroxyl groups excluding tert-OH is 1. The first-order chi connectivity index (χ1) is 9.61. The Bertz CT molecular complexity index is 538. The monoisotopic (exact) mass is 291 g/mol. The molecular formula is C16H21NO2S. The summed E-state index contributed by atoms with van der Waals surface area (Å²) in [5.41, 5.74) is 0.998. The molecule has 0 aromatic carbocycles. The average Bonchev–Trinajstić information content (AvgIpc) is 2.80. The third-order valence-corrected chi connectivity index (χ3v) is 5.00. The minimum absolute atomic E-state index is 0.00824. The van der Waals surface area contributed by atoms with Crippen LogP contribution in [0, 0.1) is 24.7 Å². The number of rotatable bonds is 2. The van der Waals surface area contributed by atoms with E-state index in [9.17, 15) is 4.79 Å². The molecular weight excluding hydrogens is 270 g/mol. The molecule has 0 saturated heterocycles. The highest BCUT2D eigenvalue weighted by Crippen LogP contribution is 2.25. The first kappa shape index (κ1) is 15.1. The molecule has 4 heteroatoms. The van der Waals surface area contributed by atoms with Crippen LogP contribution in [0.2, 0.25) is 0 Å². The number of hydrogen-bond acceptors (Lipinski definition) is 3. The molecule has 108 valence electrons. The predicted molar refractivity (Wildman–Crippen MR) is 81.9 cm³/mol. The lowest BCUT2D eigenvalue weighted by atomic mass is 9.86. The van der Waals surface area contributed by atoms with Crippen LogP contribution in [0.4, 0.5) is 0 Å². The van der Waals surface area contributed by atoms with Crippen molar-refractivity contribution in [3.63, 3.8) is 0 Å². The molecule has 2 atom stereocenters. The number of carbonyl (C=O) groups excluding carboxylic acids is 1. The van der Waals surface area contributed by atoms with Crippen molar-refractivity contribution in [1.82, 2.24) is 5.32 Å². The summed E-state index contributed by atoms with van der Waals surface area (Å²) in [4.78, 5) is 13.9. The van der Waals surface area contributed by atoms with E-state index in [2.05, 4.69) is 24.1 Å². The van der Waals surface area contributed by atoms with Gasteiger partial charge in [-0.25, -0.2) is 0 Å². The van der Waals surface area contributed by atoms with Crippen molar-refractivity contribution in [3.8, 4) is 11.8 Å². The van der Waals surface area contributed by atoms with Gasteiger partial charge in [-0.2, -0.15) is 0 Å². The molecule has 0 radical (unpaired) electrons. The Balaban J connectivity index is 2.05. The molecule has 2 N–H and O–H groups in total. The van der Waals surface area contributed by atoms with Crippen LogP contribution < -0.4 is 5.32 Å². The largest absolute Gasteiger partial charge is 0.384 e. The van der Waals surface area contributed by atoms with Crippen molar-refractivity contribution < 1.29 is 9.90 Å². The molecule has 1 aromatic rings. The van der Waals surface area contributed by atoms with Gasteiger partial charge in [0.1, 0.15) is 6.61 Å². The average molecular weight is 291 g/mol. The minimum atomic E-state index is -0.154. The Hall–Kier alpha value is -1.31. The minimum Gasteiger partial charge on any atom is -0.384 e. The van der Waals surface area contributed by atoms with Gasteiger partial charge < -0.3 is 10.4 Å². The standard InChI is InChI=1S/C16H21NO2S/c1-11-6-3-4-7-13(11)17-16(19)15-10-12(2)14(20-15)8-5-9-18/h10-11,13,18H,3-4,6-7,9H2,1-2H3,(H,17,19). The summed E-state index contributed by atoms with van der Waals surface area (Å²) in [5.74, 6) is 6.09. The van der Waals surface area contributed by atoms with E-state index in [1.807, 2.05) is 13.0 Å². The molecule has 0 spiro atoms. The molecule has 1 amide bonds. The van der Waals surface area contributed by atoms with Crippen LogP contribution in [-0.4, -0.2) is 23.7 Å². The molecule has 2 rings (SSSR count). The van der Waals surface area contributed by atoms with Gasteiger partial charge in [0.25, 0.3) is 5.91 Å². The number of aryl methyl sites for hydroxylation is 1. The third-order valence-electron chi connectivity index (χ3n) is 3.85. The van der Waals surface area contributed by atoms with Gasteiger partial charge in [-0.15, -0.1) is 11.3 Å². The topological polar surface area (TPSA) is 49.3 Å². The zero-order valence-electron chi connectivity index (χ0n) is 12.0. The molecule has 1 saturated carbocycles. The lowest BCUT2D eigenvalue weighted by Gasteiger charge is -2.29. The second kappa shape index (κ2) is 6.92. The lowest BCUT2D eigenvalue weighted by Crippen LogP contribution is -2.40. The van der Waals surface area contributed by atoms with E-state index in [0.29, 0.717) is 16.8 Å². The van der Waals surface area contributed by atoms with Gasteiger partial charge in [-0.1, -0.05) is 31.6 Å². The zero-order chi connectivity index (χ0) is 14.5. The number of nitrogens with one attached hydrogen (secondary N) is 1. The normalized spacial score (nSPS) is 21.9. The first-order valence-electron chi connectivity index (χ1n) is 7.13. The predicted octanol–water partition coefficient (Wildman–Crippen LogP) is 2.71. The Kier molecular flexibility index (Phi) is 5.22. The highest BCUT2D eigenvalue weighted by atomic mass is 32.1. The molecule has 0 aliphatic heterocycles. The maximum absolute atomic E-state index is 12.3. The van der Waals surface area contributed by atoms with Gasteiger partial charge in [0.15, 0.2) is 0 Å². The molecule has 1 aliphatic carbocycles. The molecule has 0 bridgehead atoms. The van der Waals surface area contributed by atoms with E-state index in [1.165, 1.54) is 30.6 Å². The SMILES string of the molecule is Cc1cc(C(=O)NC2CCCCC2C)sc1C#CCO. The summed E-state index contributed by atoms with van der Waals surface area (Å²) in [5, 5.41) is 11.9. The molecule has 1 aliphatic rings. The zero-order valence-corrected chi connectivity index (χ0v) is 12.8. The first-order valence-corrected chi connectivity index (χ1v) is 7.94. The summed E-state index contributed by atoms with van der Waals surface area (Å²) < 4.78 is 0. The number of carbonyl (C=O) groups is 1. The highest BCUT2D eigenvalue weighted by Gasteiger charge is 2.24. The van der Waals surface area contributed by atoms with Gasteiger partial charge in [0.2, 0.25) is 0 Å². The van der Waals surface area contributed by atoms with E-state index in [-0.39, 0.29) is 12.5 Å². The molecule has 1 fully saturated rings. The maximum atomic E-state index is 12.3. The number of thiophene rings is 1. The fraction of sp³-hybridized carbons (Fsp3) is 0.562. The highest BCUT2D eigenvalue weighted by molar-refractivity contribution is 7.14. The third kappa shape index (κ3) is 3.62. The van der Waals surface area contributed by atoms with Crippen LogP contribution in [-0.2, 0) is 0 Å². The molecule has 1 heterocycles. The fourth-order valence-corrected chi connectivity index (χ4v) is 3.56. The molecule has 3 nitrogen and oxygen atoms in total. The number of aliphatic hydroxyl groups is 1. The van der Waals surface area contributed by atoms with Crippen molar-refractivity contribution in [2.24, 2.45) is 5.92 Å². The van der Waals surface area contributed by atoms with E-state index in [4.69, 9.17) is 5.11 Å². The fourth-order valence-electron chi connectivity index (χ4n) is 2.61. The van der Waals surface area contributed by atoms with Crippen LogP contribution in [0.15, 0.2) is 6.07 Å². The quantitative estimate of drug-likeness (QED) is 0.823. The Morgan fingerprint density at radius 1 is 1.50 bits per heavy atom. The van der Waals surface area contributed by atoms with Crippen molar-refractivity contribution in [1.29, 1.82) is 0 Å². The van der Waals surface area contributed by atoms with Crippen LogP contribution in [0.5, 0.6) is 0 Å². The summed E-state index contributed by atoms with van der Waals surface area (Å²) >= 11 is 1.40. The summed E-state index contributed by atoms with van der Waals surface area (Å²) in [6, 6.07) is 2.18. The lowest BCUT2D eigenvalue weighted by molar-refractivity contribution is 0.0914. The second-order valence-corrected chi connectivity index (χ2v) is 6.48. The van der Waals surface area contributed by atoms with Gasteiger partial charge in [0.05, 0.1) is 9.75 Å². The molecule has 2 unspecified atom stereocenters. The number of amides is 1. The number of hydrogen-bond donors (Lipinski definition) is 2. The van der Waals surface area contributed by atoms with Gasteiger partial charge in [0, 0.05) is 6.04 Å². The van der Waals surface area contributed by atoms with Gasteiger partial charge in [-0.05, 0) is 37.3 Å². The summed E-state index contributed by atoms with van der Waals surface area (Å²) in [6.07, 6.45) is 4.74. The van der Waals surface area contributed by atoms with E-state index in [0.717, 1.165) is 16.9 Å². The van der Waals surface area contributed by atoms with Crippen molar-refractivity contribution in [3.05, 3.63) is 21.4 Å². The van der Waals surface area contributed by atoms with Crippen LogP contribution in [0.3, 0.4) is 0 Å². The Morgan fingerprint density at radius 2 is 2.25 bits per heavy atom. The van der Waals surface area contributed by atoms with Gasteiger partial charge >= 0.3 is 0 Å². The maximum Gasteiger partial charge on any atom is 0.261 e. The Labute approximate surface area is 124 Å². The van der Waals surface area contributed by atoms with Crippen molar-refractivity contribution in [2.45, 2.75) is 45.6 Å². The smallest absolute Gasteiger partial charge is 0.261 e. The van der Waals surface area contributed by atoms with E-state index in [1.54, 1.807) is 0 Å². The Morgan fingerprint density at radius 3 is 2.95 bits per heavy atom. The molecule has 1 aromatic heterocycles. The van der Waals surface area contributed by atoms with Crippen LogP contribution >= 0.6 is 11.3 Å². The molecule has 20 heavy (non-hydrogen) atoms. The van der Waals surface area contributed by atoms with Crippen LogP contribution in [0.25, 0.3) is 0 Å². The van der Waals surface area contributed by atoms with Crippen LogP contribution in [0.1, 0.15) is 52.7 Å². The van der Waals surface area contributed by atoms with Crippen molar-refractivity contribution >= 4 is 17.2 Å².